The van der Waals surface area contributed by atoms with E-state index >= 15 is 0 Å². The van der Waals surface area contributed by atoms with E-state index in [1.807, 2.05) is 7.05 Å². The SMILES string of the molecule is CCOC(CCNC(=NC)NCc1ccc(CN2CCC(O)CC2)cc1)C1CCCC1.I. The van der Waals surface area contributed by atoms with Gasteiger partial charge in [0, 0.05) is 46.4 Å². The first-order chi connectivity index (χ1) is 15.2. The van der Waals surface area contributed by atoms with Gasteiger partial charge in [0.15, 0.2) is 5.96 Å². The Balaban J connectivity index is 0.00000363. The minimum absolute atomic E-state index is 0. The van der Waals surface area contributed by atoms with Crippen molar-refractivity contribution in [1.29, 1.82) is 0 Å². The van der Waals surface area contributed by atoms with Crippen LogP contribution in [0.15, 0.2) is 29.3 Å². The van der Waals surface area contributed by atoms with Gasteiger partial charge in [0.25, 0.3) is 0 Å². The van der Waals surface area contributed by atoms with Crippen LogP contribution in [0.2, 0.25) is 0 Å². The summed E-state index contributed by atoms with van der Waals surface area (Å²) in [6, 6.07) is 8.82. The Morgan fingerprint density at radius 1 is 1.09 bits per heavy atom. The van der Waals surface area contributed by atoms with Crippen molar-refractivity contribution in [2.75, 3.05) is 33.3 Å². The summed E-state index contributed by atoms with van der Waals surface area (Å²) in [6.45, 7) is 7.46. The van der Waals surface area contributed by atoms with Crippen LogP contribution >= 0.6 is 24.0 Å². The Morgan fingerprint density at radius 2 is 1.75 bits per heavy atom. The molecule has 0 aromatic heterocycles. The van der Waals surface area contributed by atoms with Crippen LogP contribution < -0.4 is 10.6 Å². The molecule has 1 unspecified atom stereocenters. The summed E-state index contributed by atoms with van der Waals surface area (Å²) in [5, 5.41) is 16.5. The number of rotatable bonds is 10. The van der Waals surface area contributed by atoms with Gasteiger partial charge >= 0.3 is 0 Å². The molecule has 1 aromatic carbocycles. The molecule has 3 rings (SSSR count). The Morgan fingerprint density at radius 3 is 2.38 bits per heavy atom. The van der Waals surface area contributed by atoms with E-state index in [0.29, 0.717) is 6.10 Å². The largest absolute Gasteiger partial charge is 0.393 e. The van der Waals surface area contributed by atoms with Gasteiger partial charge in [0.05, 0.1) is 12.2 Å². The van der Waals surface area contributed by atoms with Crippen molar-refractivity contribution in [2.24, 2.45) is 10.9 Å². The maximum absolute atomic E-state index is 9.65. The molecule has 0 radical (unpaired) electrons. The van der Waals surface area contributed by atoms with Crippen LogP contribution in [0.3, 0.4) is 0 Å². The van der Waals surface area contributed by atoms with Gasteiger partial charge in [-0.1, -0.05) is 37.1 Å². The highest BCUT2D eigenvalue weighted by Gasteiger charge is 2.25. The highest BCUT2D eigenvalue weighted by atomic mass is 127. The van der Waals surface area contributed by atoms with E-state index in [1.165, 1.54) is 36.8 Å². The van der Waals surface area contributed by atoms with E-state index in [-0.39, 0.29) is 30.1 Å². The molecule has 2 aliphatic rings. The summed E-state index contributed by atoms with van der Waals surface area (Å²) < 4.78 is 6.03. The van der Waals surface area contributed by atoms with E-state index < -0.39 is 0 Å². The standard InChI is InChI=1S/C25H42N4O2.HI/c1-3-31-24(22-6-4-5-7-22)12-15-27-25(26-2)28-18-20-8-10-21(11-9-20)19-29-16-13-23(30)14-17-29;/h8-11,22-24,30H,3-7,12-19H2,1-2H3,(H2,26,27,28);1H. The molecule has 3 N–H and O–H groups in total. The summed E-state index contributed by atoms with van der Waals surface area (Å²) in [6.07, 6.45) is 8.40. The van der Waals surface area contributed by atoms with Gasteiger partial charge in [0.2, 0.25) is 0 Å². The van der Waals surface area contributed by atoms with Gasteiger partial charge in [-0.3, -0.25) is 9.89 Å². The van der Waals surface area contributed by atoms with Gasteiger partial charge in [-0.15, -0.1) is 24.0 Å². The fourth-order valence-corrected chi connectivity index (χ4v) is 4.84. The van der Waals surface area contributed by atoms with Crippen molar-refractivity contribution in [3.8, 4) is 0 Å². The first-order valence-corrected chi connectivity index (χ1v) is 12.2. The molecule has 1 saturated carbocycles. The maximum Gasteiger partial charge on any atom is 0.191 e. The quantitative estimate of drug-likeness (QED) is 0.231. The first-order valence-electron chi connectivity index (χ1n) is 12.2. The van der Waals surface area contributed by atoms with Gasteiger partial charge in [-0.05, 0) is 56.1 Å². The molecule has 0 amide bonds. The third kappa shape index (κ3) is 9.15. The maximum atomic E-state index is 9.65. The lowest BCUT2D eigenvalue weighted by molar-refractivity contribution is 0.0169. The summed E-state index contributed by atoms with van der Waals surface area (Å²) in [4.78, 5) is 6.79. The second kappa shape index (κ2) is 15.1. The number of ether oxygens (including phenoxy) is 1. The third-order valence-electron chi connectivity index (χ3n) is 6.70. The highest BCUT2D eigenvalue weighted by Crippen LogP contribution is 2.30. The molecule has 1 aliphatic carbocycles. The zero-order valence-corrected chi connectivity index (χ0v) is 22.2. The smallest absolute Gasteiger partial charge is 0.191 e. The number of aliphatic hydroxyl groups excluding tert-OH is 1. The zero-order chi connectivity index (χ0) is 21.9. The van der Waals surface area contributed by atoms with Gasteiger partial charge in [0.1, 0.15) is 0 Å². The summed E-state index contributed by atoms with van der Waals surface area (Å²) in [7, 11) is 1.82. The monoisotopic (exact) mass is 558 g/mol. The lowest BCUT2D eigenvalue weighted by Crippen LogP contribution is -2.39. The number of aliphatic imine (C=N–C) groups is 1. The molecular weight excluding hydrogens is 515 g/mol. The molecule has 1 aliphatic heterocycles. The molecule has 0 bridgehead atoms. The molecule has 32 heavy (non-hydrogen) atoms. The van der Waals surface area contributed by atoms with Crippen LogP contribution in [0.1, 0.15) is 63.0 Å². The molecule has 1 atom stereocenters. The molecule has 7 heteroatoms. The predicted octanol–water partition coefficient (Wildman–Crippen LogP) is 3.91. The fourth-order valence-electron chi connectivity index (χ4n) is 4.84. The van der Waals surface area contributed by atoms with Crippen LogP contribution in [0, 0.1) is 5.92 Å². The van der Waals surface area contributed by atoms with Crippen LogP contribution in [-0.2, 0) is 17.8 Å². The molecule has 6 nitrogen and oxygen atoms in total. The number of hydrogen-bond donors (Lipinski definition) is 3. The van der Waals surface area contributed by atoms with Crippen molar-refractivity contribution in [3.05, 3.63) is 35.4 Å². The van der Waals surface area contributed by atoms with Crippen LogP contribution in [-0.4, -0.2) is 61.5 Å². The van der Waals surface area contributed by atoms with Gasteiger partial charge in [-0.2, -0.15) is 0 Å². The number of hydrogen-bond acceptors (Lipinski definition) is 4. The zero-order valence-electron chi connectivity index (χ0n) is 19.9. The highest BCUT2D eigenvalue weighted by molar-refractivity contribution is 14.0. The minimum atomic E-state index is -0.111. The molecule has 1 aromatic rings. The van der Waals surface area contributed by atoms with Crippen molar-refractivity contribution >= 4 is 29.9 Å². The first kappa shape index (κ1) is 27.3. The van der Waals surface area contributed by atoms with Crippen molar-refractivity contribution in [2.45, 2.75) is 77.2 Å². The number of nitrogens with one attached hydrogen (secondary N) is 2. The summed E-state index contributed by atoms with van der Waals surface area (Å²) in [5.74, 6) is 1.57. The fraction of sp³-hybridized carbons (Fsp3) is 0.720. The van der Waals surface area contributed by atoms with Gasteiger partial charge in [-0.25, -0.2) is 0 Å². The number of piperidine rings is 1. The molecular formula is C25H43IN4O2. The van der Waals surface area contributed by atoms with E-state index in [0.717, 1.165) is 70.5 Å². The third-order valence-corrected chi connectivity index (χ3v) is 6.70. The second-order valence-electron chi connectivity index (χ2n) is 9.00. The summed E-state index contributed by atoms with van der Waals surface area (Å²) in [5.41, 5.74) is 2.58. The number of likely N-dealkylation sites (tertiary alicyclic amines) is 1. The summed E-state index contributed by atoms with van der Waals surface area (Å²) >= 11 is 0. The molecule has 2 fully saturated rings. The predicted molar refractivity (Wildman–Crippen MR) is 143 cm³/mol. The van der Waals surface area contributed by atoms with Crippen LogP contribution in [0.25, 0.3) is 0 Å². The lowest BCUT2D eigenvalue weighted by Gasteiger charge is -2.29. The van der Waals surface area contributed by atoms with E-state index in [4.69, 9.17) is 4.74 Å². The van der Waals surface area contributed by atoms with E-state index in [1.54, 1.807) is 0 Å². The molecule has 0 spiro atoms. The lowest BCUT2D eigenvalue weighted by atomic mass is 9.98. The number of halogens is 1. The molecule has 182 valence electrons. The van der Waals surface area contributed by atoms with E-state index in [2.05, 4.69) is 51.7 Å². The molecule has 1 heterocycles. The van der Waals surface area contributed by atoms with Crippen molar-refractivity contribution in [1.82, 2.24) is 15.5 Å². The number of aliphatic hydroxyl groups is 1. The number of guanidine groups is 1. The Labute approximate surface area is 211 Å². The van der Waals surface area contributed by atoms with Crippen molar-refractivity contribution in [3.63, 3.8) is 0 Å². The average Bonchev–Trinajstić information content (AvgIpc) is 3.33. The second-order valence-corrected chi connectivity index (χ2v) is 9.00. The Kier molecular flexibility index (Phi) is 12.9. The number of nitrogens with zero attached hydrogens (tertiary/aromatic N) is 2. The topological polar surface area (TPSA) is 69.1 Å². The number of benzene rings is 1. The van der Waals surface area contributed by atoms with Crippen LogP contribution in [0.5, 0.6) is 0 Å². The molecule has 1 saturated heterocycles. The normalized spacial score (nSPS) is 19.5. The Bertz CT molecular complexity index is 656. The minimum Gasteiger partial charge on any atom is -0.393 e. The van der Waals surface area contributed by atoms with E-state index in [9.17, 15) is 5.11 Å². The van der Waals surface area contributed by atoms with Gasteiger partial charge < -0.3 is 20.5 Å². The Hall–Kier alpha value is -0.900. The average molecular weight is 559 g/mol. The van der Waals surface area contributed by atoms with Crippen molar-refractivity contribution < 1.29 is 9.84 Å². The van der Waals surface area contributed by atoms with Crippen LogP contribution in [0.4, 0.5) is 0 Å².